The fourth-order valence-corrected chi connectivity index (χ4v) is 1.60. The highest BCUT2D eigenvalue weighted by Crippen LogP contribution is 2.12. The van der Waals surface area contributed by atoms with Gasteiger partial charge in [0.05, 0.1) is 0 Å². The second kappa shape index (κ2) is 6.59. The molecule has 0 radical (unpaired) electrons. The number of ether oxygens (including phenoxy) is 1. The van der Waals surface area contributed by atoms with Gasteiger partial charge in [-0.05, 0) is 31.2 Å². The molecule has 0 heterocycles. The van der Waals surface area contributed by atoms with Gasteiger partial charge in [-0.3, -0.25) is 0 Å². The third-order valence-corrected chi connectivity index (χ3v) is 2.63. The number of rotatable bonds is 6. The maximum atomic E-state index is 9.21. The summed E-state index contributed by atoms with van der Waals surface area (Å²) in [5, 5.41) is 9.21. The average molecular weight is 208 g/mol. The van der Waals surface area contributed by atoms with Crippen LogP contribution in [0.15, 0.2) is 24.3 Å². The Hall–Kier alpha value is -0.860. The number of aliphatic hydroxyl groups is 1. The van der Waals surface area contributed by atoms with E-state index < -0.39 is 0 Å². The summed E-state index contributed by atoms with van der Waals surface area (Å²) in [6, 6.07) is 8.48. The van der Waals surface area contributed by atoms with Crippen LogP contribution in [0.3, 0.4) is 0 Å². The summed E-state index contributed by atoms with van der Waals surface area (Å²) in [4.78, 5) is 0. The summed E-state index contributed by atoms with van der Waals surface area (Å²) >= 11 is 0. The normalized spacial score (nSPS) is 12.7. The molecular weight excluding hydrogens is 188 g/mol. The lowest BCUT2D eigenvalue weighted by Crippen LogP contribution is -2.12. The average Bonchev–Trinajstić information content (AvgIpc) is 2.27. The van der Waals surface area contributed by atoms with Gasteiger partial charge in [-0.15, -0.1) is 0 Å². The molecule has 0 aliphatic carbocycles. The van der Waals surface area contributed by atoms with Crippen molar-refractivity contribution < 1.29 is 9.84 Å². The molecule has 1 atom stereocenters. The lowest BCUT2D eigenvalue weighted by atomic mass is 9.97. The minimum absolute atomic E-state index is 0.233. The maximum absolute atomic E-state index is 9.21. The molecule has 1 unspecified atom stereocenters. The van der Waals surface area contributed by atoms with Crippen LogP contribution in [-0.2, 0) is 11.2 Å². The van der Waals surface area contributed by atoms with E-state index in [0.717, 1.165) is 19.4 Å². The molecule has 1 aromatic carbocycles. The Balaban J connectivity index is 2.47. The van der Waals surface area contributed by atoms with Crippen molar-refractivity contribution in [1.29, 1.82) is 0 Å². The Morgan fingerprint density at radius 3 is 2.47 bits per heavy atom. The first-order valence-corrected chi connectivity index (χ1v) is 5.41. The highest BCUT2D eigenvalue weighted by molar-refractivity contribution is 5.21. The van der Waals surface area contributed by atoms with Crippen molar-refractivity contribution in [2.45, 2.75) is 19.8 Å². The van der Waals surface area contributed by atoms with Crippen molar-refractivity contribution in [3.05, 3.63) is 35.4 Å². The number of hydrogen-bond donors (Lipinski definition) is 1. The number of aryl methyl sites for hydroxylation is 1. The van der Waals surface area contributed by atoms with Crippen molar-refractivity contribution in [2.75, 3.05) is 20.3 Å². The molecule has 1 aromatic rings. The van der Waals surface area contributed by atoms with Crippen LogP contribution in [0, 0.1) is 12.8 Å². The first-order valence-electron chi connectivity index (χ1n) is 5.41. The molecule has 0 saturated carbocycles. The van der Waals surface area contributed by atoms with Crippen LogP contribution in [0.2, 0.25) is 0 Å². The molecule has 0 amide bonds. The predicted molar refractivity (Wildman–Crippen MR) is 62.0 cm³/mol. The predicted octanol–water partition coefficient (Wildman–Crippen LogP) is 2.18. The highest BCUT2D eigenvalue weighted by Gasteiger charge is 2.07. The maximum Gasteiger partial charge on any atom is 0.0465 e. The van der Waals surface area contributed by atoms with Crippen molar-refractivity contribution in [2.24, 2.45) is 5.92 Å². The molecule has 1 N–H and O–H groups in total. The number of hydrogen-bond acceptors (Lipinski definition) is 2. The molecule has 0 saturated heterocycles. The van der Waals surface area contributed by atoms with E-state index in [1.807, 2.05) is 0 Å². The smallest absolute Gasteiger partial charge is 0.0465 e. The summed E-state index contributed by atoms with van der Waals surface area (Å²) in [5.41, 5.74) is 2.56. The lowest BCUT2D eigenvalue weighted by molar-refractivity contribution is 0.147. The largest absolute Gasteiger partial charge is 0.396 e. The minimum atomic E-state index is 0.233. The van der Waals surface area contributed by atoms with Crippen LogP contribution in [0.25, 0.3) is 0 Å². The van der Waals surface area contributed by atoms with E-state index in [-0.39, 0.29) is 6.61 Å². The van der Waals surface area contributed by atoms with Crippen LogP contribution in [0.5, 0.6) is 0 Å². The van der Waals surface area contributed by atoms with Gasteiger partial charge in [-0.1, -0.05) is 29.8 Å². The van der Waals surface area contributed by atoms with Gasteiger partial charge >= 0.3 is 0 Å². The summed E-state index contributed by atoms with van der Waals surface area (Å²) in [7, 11) is 1.69. The molecule has 0 aliphatic rings. The number of methoxy groups -OCH3 is 1. The molecular formula is C13H20O2. The Bertz CT molecular complexity index is 266. The van der Waals surface area contributed by atoms with E-state index in [4.69, 9.17) is 4.74 Å². The summed E-state index contributed by atoms with van der Waals surface area (Å²) < 4.78 is 5.02. The Morgan fingerprint density at radius 2 is 1.93 bits per heavy atom. The fraction of sp³-hybridized carbons (Fsp3) is 0.538. The second-order valence-corrected chi connectivity index (χ2v) is 4.02. The summed E-state index contributed by atoms with van der Waals surface area (Å²) in [6.45, 7) is 3.03. The quantitative estimate of drug-likeness (QED) is 0.776. The van der Waals surface area contributed by atoms with Crippen LogP contribution in [0.1, 0.15) is 17.5 Å². The van der Waals surface area contributed by atoms with Gasteiger partial charge in [0, 0.05) is 20.3 Å². The minimum Gasteiger partial charge on any atom is -0.396 e. The number of aliphatic hydroxyl groups excluding tert-OH is 1. The van der Waals surface area contributed by atoms with Crippen LogP contribution < -0.4 is 0 Å². The van der Waals surface area contributed by atoms with Crippen molar-refractivity contribution in [3.8, 4) is 0 Å². The van der Waals surface area contributed by atoms with Gasteiger partial charge in [0.25, 0.3) is 0 Å². The standard InChI is InChI=1S/C13H20O2/c1-11-3-5-12(6-4-11)9-13(10-14)7-8-15-2/h3-6,13-14H,7-10H2,1-2H3. The summed E-state index contributed by atoms with van der Waals surface area (Å²) in [6.07, 6.45) is 1.85. The van der Waals surface area contributed by atoms with E-state index in [1.54, 1.807) is 7.11 Å². The fourth-order valence-electron chi connectivity index (χ4n) is 1.60. The monoisotopic (exact) mass is 208 g/mol. The SMILES string of the molecule is COCCC(CO)Cc1ccc(C)cc1. The molecule has 0 aliphatic heterocycles. The zero-order valence-electron chi connectivity index (χ0n) is 9.57. The van der Waals surface area contributed by atoms with Crippen LogP contribution in [0.4, 0.5) is 0 Å². The molecule has 0 spiro atoms. The third kappa shape index (κ3) is 4.45. The molecule has 2 nitrogen and oxygen atoms in total. The van der Waals surface area contributed by atoms with E-state index in [1.165, 1.54) is 11.1 Å². The van der Waals surface area contributed by atoms with Gasteiger partial charge in [-0.25, -0.2) is 0 Å². The zero-order valence-corrected chi connectivity index (χ0v) is 9.57. The van der Waals surface area contributed by atoms with E-state index >= 15 is 0 Å². The number of benzene rings is 1. The molecule has 0 fully saturated rings. The third-order valence-electron chi connectivity index (χ3n) is 2.63. The second-order valence-electron chi connectivity index (χ2n) is 4.02. The van der Waals surface area contributed by atoms with E-state index in [9.17, 15) is 5.11 Å². The molecule has 2 heteroatoms. The molecule has 84 valence electrons. The first-order chi connectivity index (χ1) is 7.26. The molecule has 0 aromatic heterocycles. The zero-order chi connectivity index (χ0) is 11.1. The van der Waals surface area contributed by atoms with Crippen LogP contribution in [-0.4, -0.2) is 25.4 Å². The molecule has 15 heavy (non-hydrogen) atoms. The molecule has 0 bridgehead atoms. The topological polar surface area (TPSA) is 29.5 Å². The Kier molecular flexibility index (Phi) is 5.37. The van der Waals surface area contributed by atoms with Crippen LogP contribution >= 0.6 is 0 Å². The Morgan fingerprint density at radius 1 is 1.27 bits per heavy atom. The van der Waals surface area contributed by atoms with Gasteiger partial charge in [0.15, 0.2) is 0 Å². The van der Waals surface area contributed by atoms with Crippen molar-refractivity contribution >= 4 is 0 Å². The van der Waals surface area contributed by atoms with Crippen molar-refractivity contribution in [3.63, 3.8) is 0 Å². The Labute approximate surface area is 91.9 Å². The lowest BCUT2D eigenvalue weighted by Gasteiger charge is -2.13. The van der Waals surface area contributed by atoms with Gasteiger partial charge in [0.2, 0.25) is 0 Å². The first kappa shape index (κ1) is 12.2. The van der Waals surface area contributed by atoms with Gasteiger partial charge in [0.1, 0.15) is 0 Å². The van der Waals surface area contributed by atoms with Crippen molar-refractivity contribution in [1.82, 2.24) is 0 Å². The van der Waals surface area contributed by atoms with E-state index in [2.05, 4.69) is 31.2 Å². The summed E-state index contributed by atoms with van der Waals surface area (Å²) in [5.74, 6) is 0.313. The molecule has 1 rings (SSSR count). The van der Waals surface area contributed by atoms with Gasteiger partial charge < -0.3 is 9.84 Å². The highest BCUT2D eigenvalue weighted by atomic mass is 16.5. The van der Waals surface area contributed by atoms with E-state index in [0.29, 0.717) is 5.92 Å². The van der Waals surface area contributed by atoms with Gasteiger partial charge in [-0.2, -0.15) is 0 Å².